The summed E-state index contributed by atoms with van der Waals surface area (Å²) < 4.78 is 5.50. The van der Waals surface area contributed by atoms with Gasteiger partial charge in [-0.3, -0.25) is 14.4 Å². The lowest BCUT2D eigenvalue weighted by atomic mass is 9.90. The van der Waals surface area contributed by atoms with Crippen molar-refractivity contribution in [2.75, 3.05) is 35.6 Å². The van der Waals surface area contributed by atoms with Crippen molar-refractivity contribution in [2.45, 2.75) is 26.0 Å². The Morgan fingerprint density at radius 1 is 0.914 bits per heavy atom. The third-order valence-corrected chi connectivity index (χ3v) is 6.63. The number of ether oxygens (including phenoxy) is 1. The van der Waals surface area contributed by atoms with Crippen LogP contribution in [0.25, 0.3) is 0 Å². The Hall–Kier alpha value is -3.84. The SMILES string of the molecule is CCOc1ccc(N2C(=O)[C@@H]3[C@@H](ON(c4ccccc4C)[C@H]3c3ccc(N(C)C)cc3)C2=O)cc1. The van der Waals surface area contributed by atoms with Gasteiger partial charge in [-0.1, -0.05) is 30.3 Å². The second-order valence-corrected chi connectivity index (χ2v) is 9.03. The summed E-state index contributed by atoms with van der Waals surface area (Å²) in [5.41, 5.74) is 4.34. The van der Waals surface area contributed by atoms with Crippen LogP contribution >= 0.6 is 0 Å². The second-order valence-electron chi connectivity index (χ2n) is 9.03. The number of hydrogen-bond donors (Lipinski definition) is 0. The van der Waals surface area contributed by atoms with Crippen molar-refractivity contribution in [1.29, 1.82) is 0 Å². The summed E-state index contributed by atoms with van der Waals surface area (Å²) in [6.07, 6.45) is -0.896. The topological polar surface area (TPSA) is 62.3 Å². The first-order valence-electron chi connectivity index (χ1n) is 11.8. The minimum atomic E-state index is -0.896. The minimum absolute atomic E-state index is 0.262. The lowest BCUT2D eigenvalue weighted by Crippen LogP contribution is -2.37. The monoisotopic (exact) mass is 471 g/mol. The molecule has 3 aromatic rings. The molecule has 0 bridgehead atoms. The number of anilines is 3. The van der Waals surface area contributed by atoms with Crippen LogP contribution in [0.3, 0.4) is 0 Å². The van der Waals surface area contributed by atoms with Gasteiger partial charge in [0, 0.05) is 19.8 Å². The van der Waals surface area contributed by atoms with Gasteiger partial charge in [0.15, 0.2) is 6.10 Å². The third kappa shape index (κ3) is 3.91. The van der Waals surface area contributed by atoms with Crippen LogP contribution in [0.15, 0.2) is 72.8 Å². The van der Waals surface area contributed by atoms with Gasteiger partial charge in [-0.2, -0.15) is 0 Å². The van der Waals surface area contributed by atoms with Gasteiger partial charge in [-0.05, 0) is 67.4 Å². The smallest absolute Gasteiger partial charge is 0.266 e. The number of rotatable bonds is 6. The van der Waals surface area contributed by atoms with E-state index in [-0.39, 0.29) is 11.8 Å². The van der Waals surface area contributed by atoms with Crippen LogP contribution < -0.4 is 19.6 Å². The van der Waals surface area contributed by atoms with Gasteiger partial charge in [0.05, 0.1) is 24.0 Å². The molecular formula is C28H29N3O4. The van der Waals surface area contributed by atoms with E-state index in [1.807, 2.05) is 81.4 Å². The van der Waals surface area contributed by atoms with Crippen LogP contribution in [0.4, 0.5) is 17.1 Å². The molecule has 0 unspecified atom stereocenters. The van der Waals surface area contributed by atoms with Crippen molar-refractivity contribution < 1.29 is 19.2 Å². The van der Waals surface area contributed by atoms with Crippen LogP contribution in [0.5, 0.6) is 5.75 Å². The van der Waals surface area contributed by atoms with E-state index in [0.717, 1.165) is 22.5 Å². The van der Waals surface area contributed by atoms with E-state index in [1.54, 1.807) is 29.3 Å². The summed E-state index contributed by atoms with van der Waals surface area (Å²) in [7, 11) is 3.97. The number of amides is 2. The predicted octanol–water partition coefficient (Wildman–Crippen LogP) is 4.51. The molecule has 2 saturated heterocycles. The molecule has 7 nitrogen and oxygen atoms in total. The molecule has 2 amide bonds. The molecular weight excluding hydrogens is 442 g/mol. The summed E-state index contributed by atoms with van der Waals surface area (Å²) in [6.45, 7) is 4.45. The van der Waals surface area contributed by atoms with Crippen molar-refractivity contribution >= 4 is 28.9 Å². The molecule has 0 spiro atoms. The van der Waals surface area contributed by atoms with Gasteiger partial charge < -0.3 is 9.64 Å². The molecule has 2 heterocycles. The van der Waals surface area contributed by atoms with Crippen LogP contribution in [-0.4, -0.2) is 38.6 Å². The molecule has 0 saturated carbocycles. The van der Waals surface area contributed by atoms with Crippen LogP contribution in [0.2, 0.25) is 0 Å². The average molecular weight is 472 g/mol. The van der Waals surface area contributed by atoms with Gasteiger partial charge in [0.1, 0.15) is 11.7 Å². The summed E-state index contributed by atoms with van der Waals surface area (Å²) in [4.78, 5) is 36.8. The number of imide groups is 1. The molecule has 0 aromatic heterocycles. The second kappa shape index (κ2) is 9.07. The van der Waals surface area contributed by atoms with Crippen molar-refractivity contribution in [2.24, 2.45) is 5.92 Å². The number of aryl methyl sites for hydroxylation is 1. The Kier molecular flexibility index (Phi) is 5.94. The zero-order valence-electron chi connectivity index (χ0n) is 20.3. The van der Waals surface area contributed by atoms with Crippen LogP contribution in [0, 0.1) is 12.8 Å². The number of para-hydroxylation sites is 1. The van der Waals surface area contributed by atoms with Crippen molar-refractivity contribution in [1.82, 2.24) is 0 Å². The highest BCUT2D eigenvalue weighted by molar-refractivity contribution is 6.24. The summed E-state index contributed by atoms with van der Waals surface area (Å²) >= 11 is 0. The summed E-state index contributed by atoms with van der Waals surface area (Å²) in [5.74, 6) is -0.590. The van der Waals surface area contributed by atoms with Crippen molar-refractivity contribution in [3.8, 4) is 5.75 Å². The highest BCUT2D eigenvalue weighted by Gasteiger charge is 2.60. The normalized spacial score (nSPS) is 21.4. The number of hydroxylamine groups is 1. The van der Waals surface area contributed by atoms with Crippen LogP contribution in [-0.2, 0) is 14.4 Å². The molecule has 2 aliphatic rings. The maximum Gasteiger partial charge on any atom is 0.266 e. The van der Waals surface area contributed by atoms with Gasteiger partial charge in [-0.15, -0.1) is 0 Å². The first-order chi connectivity index (χ1) is 16.9. The number of benzene rings is 3. The van der Waals surface area contributed by atoms with E-state index in [9.17, 15) is 9.59 Å². The van der Waals surface area contributed by atoms with E-state index in [0.29, 0.717) is 18.0 Å². The molecule has 0 radical (unpaired) electrons. The molecule has 3 aromatic carbocycles. The number of carbonyl (C=O) groups excluding carboxylic acids is 2. The largest absolute Gasteiger partial charge is 0.494 e. The molecule has 2 fully saturated rings. The summed E-state index contributed by atoms with van der Waals surface area (Å²) in [6, 6.07) is 22.5. The van der Waals surface area contributed by atoms with Gasteiger partial charge in [0.2, 0.25) is 5.91 Å². The fourth-order valence-corrected chi connectivity index (χ4v) is 4.86. The number of nitrogens with zero attached hydrogens (tertiary/aromatic N) is 3. The molecule has 5 rings (SSSR count). The highest BCUT2D eigenvalue weighted by atomic mass is 16.7. The average Bonchev–Trinajstić information content (AvgIpc) is 3.36. The Morgan fingerprint density at radius 3 is 2.23 bits per heavy atom. The minimum Gasteiger partial charge on any atom is -0.494 e. The molecule has 35 heavy (non-hydrogen) atoms. The van der Waals surface area contributed by atoms with Gasteiger partial charge >= 0.3 is 0 Å². The Bertz CT molecular complexity index is 1240. The van der Waals surface area contributed by atoms with Crippen LogP contribution in [0.1, 0.15) is 24.1 Å². The predicted molar refractivity (Wildman–Crippen MR) is 136 cm³/mol. The number of hydrogen-bond acceptors (Lipinski definition) is 6. The zero-order chi connectivity index (χ0) is 24.7. The van der Waals surface area contributed by atoms with E-state index >= 15 is 0 Å². The molecule has 3 atom stereocenters. The summed E-state index contributed by atoms with van der Waals surface area (Å²) in [5, 5.41) is 1.75. The Labute approximate surface area is 205 Å². The highest BCUT2D eigenvalue weighted by Crippen LogP contribution is 2.48. The van der Waals surface area contributed by atoms with E-state index in [1.165, 1.54) is 4.90 Å². The number of carbonyl (C=O) groups is 2. The number of fused-ring (bicyclic) bond motifs is 1. The van der Waals surface area contributed by atoms with Crippen molar-refractivity contribution in [3.63, 3.8) is 0 Å². The zero-order valence-corrected chi connectivity index (χ0v) is 20.3. The van der Waals surface area contributed by atoms with Crippen molar-refractivity contribution in [3.05, 3.63) is 83.9 Å². The van der Waals surface area contributed by atoms with Gasteiger partial charge in [-0.25, -0.2) is 9.96 Å². The first-order valence-corrected chi connectivity index (χ1v) is 11.8. The fraction of sp³-hybridized carbons (Fsp3) is 0.286. The Balaban J connectivity index is 1.54. The standard InChI is InChI=1S/C28H29N3O4/c1-5-34-22-16-14-21(15-17-22)30-27(32)24-25(19-10-12-20(13-11-19)29(3)4)31(35-26(24)28(30)33)23-9-7-6-8-18(23)2/h6-17,24-26H,5H2,1-4H3/t24-,25-,26+/m0/s1. The molecule has 0 aliphatic carbocycles. The maximum atomic E-state index is 13.8. The molecule has 180 valence electrons. The third-order valence-electron chi connectivity index (χ3n) is 6.63. The fourth-order valence-electron chi connectivity index (χ4n) is 4.86. The Morgan fingerprint density at radius 2 is 1.60 bits per heavy atom. The maximum absolute atomic E-state index is 13.8. The lowest BCUT2D eigenvalue weighted by molar-refractivity contribution is -0.126. The molecule has 7 heteroatoms. The van der Waals surface area contributed by atoms with E-state index in [2.05, 4.69) is 0 Å². The van der Waals surface area contributed by atoms with E-state index in [4.69, 9.17) is 9.57 Å². The lowest BCUT2D eigenvalue weighted by Gasteiger charge is -2.30. The van der Waals surface area contributed by atoms with E-state index < -0.39 is 18.1 Å². The molecule has 2 aliphatic heterocycles. The first kappa shape index (κ1) is 22.9. The quantitative estimate of drug-likeness (QED) is 0.493. The van der Waals surface area contributed by atoms with Gasteiger partial charge in [0.25, 0.3) is 5.91 Å². The molecule has 0 N–H and O–H groups in total.